The van der Waals surface area contributed by atoms with E-state index in [4.69, 9.17) is 16.6 Å². The summed E-state index contributed by atoms with van der Waals surface area (Å²) in [6.45, 7) is 0.374. The van der Waals surface area contributed by atoms with Gasteiger partial charge in [0.15, 0.2) is 11.9 Å². The van der Waals surface area contributed by atoms with E-state index >= 15 is 0 Å². The fraction of sp³-hybridized carbons (Fsp3) is 0.111. The Morgan fingerprint density at radius 1 is 1.27 bits per heavy atom. The van der Waals surface area contributed by atoms with Gasteiger partial charge in [0.1, 0.15) is 5.82 Å². The molecule has 5 nitrogen and oxygen atoms in total. The Hall–Kier alpha value is -2.11. The molecule has 1 rings (SSSR count). The minimum Gasteiger partial charge on any atom is -0.370 e. The van der Waals surface area contributed by atoms with Gasteiger partial charge >= 0.3 is 0 Å². The lowest BCUT2D eigenvalue weighted by molar-refractivity contribution is 0.626. The topological polar surface area (TPSA) is 97.8 Å². The number of hydrogen-bond acceptors (Lipinski definition) is 2. The lowest BCUT2D eigenvalue weighted by Crippen LogP contribution is -2.42. The fourth-order valence-electron chi connectivity index (χ4n) is 0.972. The molecular formula is C9H12FN5. The van der Waals surface area contributed by atoms with Crippen LogP contribution in [-0.4, -0.2) is 11.9 Å². The van der Waals surface area contributed by atoms with Crippen molar-refractivity contribution in [2.45, 2.75) is 6.54 Å². The number of rotatable bonds is 2. The molecule has 6 heteroatoms. The Labute approximate surface area is 86.5 Å². The molecule has 0 aromatic heterocycles. The van der Waals surface area contributed by atoms with Gasteiger partial charge in [0.25, 0.3) is 0 Å². The van der Waals surface area contributed by atoms with Gasteiger partial charge in [0.05, 0.1) is 0 Å². The first-order valence-corrected chi connectivity index (χ1v) is 4.26. The number of benzene rings is 1. The minimum absolute atomic E-state index is 0.0631. The van der Waals surface area contributed by atoms with Crippen LogP contribution >= 0.6 is 0 Å². The molecule has 0 bridgehead atoms. The van der Waals surface area contributed by atoms with E-state index in [1.54, 1.807) is 12.1 Å². The smallest absolute Gasteiger partial charge is 0.195 e. The third-order valence-electron chi connectivity index (χ3n) is 1.64. The number of nitrogens with two attached hydrogens (primary N) is 1. The quantitative estimate of drug-likeness (QED) is 0.358. The molecule has 6 N–H and O–H groups in total. The van der Waals surface area contributed by atoms with E-state index in [0.29, 0.717) is 6.54 Å². The summed E-state index contributed by atoms with van der Waals surface area (Å²) >= 11 is 0. The zero-order valence-corrected chi connectivity index (χ0v) is 7.97. The van der Waals surface area contributed by atoms with Crippen LogP contribution in [0, 0.1) is 16.6 Å². The van der Waals surface area contributed by atoms with Crippen molar-refractivity contribution in [2.24, 2.45) is 5.73 Å². The molecule has 1 aromatic carbocycles. The van der Waals surface area contributed by atoms with Gasteiger partial charge in [-0.25, -0.2) is 4.39 Å². The molecule has 1 aromatic rings. The molecule has 0 atom stereocenters. The van der Waals surface area contributed by atoms with Crippen LogP contribution < -0.4 is 16.4 Å². The third-order valence-corrected chi connectivity index (χ3v) is 1.64. The summed E-state index contributed by atoms with van der Waals surface area (Å²) in [5.41, 5.74) is 5.86. The van der Waals surface area contributed by atoms with Crippen LogP contribution in [0.2, 0.25) is 0 Å². The number of guanidine groups is 2. The molecule has 0 spiro atoms. The second-order valence-corrected chi connectivity index (χ2v) is 2.89. The zero-order chi connectivity index (χ0) is 11.3. The predicted molar refractivity (Wildman–Crippen MR) is 56.0 cm³/mol. The van der Waals surface area contributed by atoms with E-state index < -0.39 is 0 Å². The van der Waals surface area contributed by atoms with Gasteiger partial charge in [0, 0.05) is 6.54 Å². The van der Waals surface area contributed by atoms with E-state index in [-0.39, 0.29) is 17.7 Å². The maximum absolute atomic E-state index is 12.5. The molecule has 0 fully saturated rings. The van der Waals surface area contributed by atoms with Crippen LogP contribution in [0.4, 0.5) is 4.39 Å². The third kappa shape index (κ3) is 4.08. The van der Waals surface area contributed by atoms with Crippen LogP contribution in [0.25, 0.3) is 0 Å². The minimum atomic E-state index is -0.299. The molecule has 0 aliphatic heterocycles. The highest BCUT2D eigenvalue weighted by atomic mass is 19.1. The highest BCUT2D eigenvalue weighted by Crippen LogP contribution is 2.01. The van der Waals surface area contributed by atoms with E-state index in [0.717, 1.165) is 5.56 Å². The molecule has 0 saturated carbocycles. The largest absolute Gasteiger partial charge is 0.370 e. The Morgan fingerprint density at radius 3 is 2.40 bits per heavy atom. The van der Waals surface area contributed by atoms with Crippen molar-refractivity contribution >= 4 is 11.9 Å². The van der Waals surface area contributed by atoms with Crippen molar-refractivity contribution < 1.29 is 4.39 Å². The second kappa shape index (κ2) is 4.94. The monoisotopic (exact) mass is 209 g/mol. The van der Waals surface area contributed by atoms with Crippen LogP contribution in [0.1, 0.15) is 5.56 Å². The van der Waals surface area contributed by atoms with Gasteiger partial charge < -0.3 is 11.1 Å². The first-order valence-electron chi connectivity index (χ1n) is 4.26. The van der Waals surface area contributed by atoms with Gasteiger partial charge in [-0.05, 0) is 17.7 Å². The number of hydrogen-bond donors (Lipinski definition) is 5. The highest BCUT2D eigenvalue weighted by molar-refractivity contribution is 5.94. The molecule has 0 heterocycles. The Morgan fingerprint density at radius 2 is 1.87 bits per heavy atom. The van der Waals surface area contributed by atoms with Crippen LogP contribution in [0.3, 0.4) is 0 Å². The van der Waals surface area contributed by atoms with Crippen molar-refractivity contribution in [1.82, 2.24) is 10.6 Å². The maximum atomic E-state index is 12.5. The molecule has 0 saturated heterocycles. The van der Waals surface area contributed by atoms with Crippen molar-refractivity contribution in [1.29, 1.82) is 10.8 Å². The van der Waals surface area contributed by atoms with Crippen molar-refractivity contribution in [3.63, 3.8) is 0 Å². The van der Waals surface area contributed by atoms with Gasteiger partial charge in [-0.2, -0.15) is 0 Å². The van der Waals surface area contributed by atoms with E-state index in [1.807, 2.05) is 0 Å². The Kier molecular flexibility index (Phi) is 3.61. The van der Waals surface area contributed by atoms with Crippen LogP contribution in [0.5, 0.6) is 0 Å². The summed E-state index contributed by atoms with van der Waals surface area (Å²) in [7, 11) is 0. The van der Waals surface area contributed by atoms with Crippen LogP contribution in [0.15, 0.2) is 24.3 Å². The van der Waals surface area contributed by atoms with Gasteiger partial charge in [-0.3, -0.25) is 16.1 Å². The molecule has 0 unspecified atom stereocenters. The summed E-state index contributed by atoms with van der Waals surface area (Å²) in [5.74, 6) is -0.658. The van der Waals surface area contributed by atoms with E-state index in [9.17, 15) is 4.39 Å². The maximum Gasteiger partial charge on any atom is 0.195 e. The lowest BCUT2D eigenvalue weighted by Gasteiger charge is -2.08. The average molecular weight is 209 g/mol. The van der Waals surface area contributed by atoms with Crippen molar-refractivity contribution in [3.05, 3.63) is 35.6 Å². The molecule has 0 amide bonds. The average Bonchev–Trinajstić information content (AvgIpc) is 2.16. The fourth-order valence-corrected chi connectivity index (χ4v) is 0.972. The van der Waals surface area contributed by atoms with E-state index in [1.165, 1.54) is 12.1 Å². The summed E-state index contributed by atoms with van der Waals surface area (Å²) in [5, 5.41) is 19.1. The molecule has 0 radical (unpaired) electrons. The van der Waals surface area contributed by atoms with Crippen molar-refractivity contribution in [3.8, 4) is 0 Å². The Bertz CT molecular complexity index is 359. The number of nitrogens with one attached hydrogen (secondary N) is 4. The van der Waals surface area contributed by atoms with Gasteiger partial charge in [-0.1, -0.05) is 12.1 Å². The van der Waals surface area contributed by atoms with Gasteiger partial charge in [0.2, 0.25) is 0 Å². The molecule has 0 aliphatic carbocycles. The summed E-state index contributed by atoms with van der Waals surface area (Å²) in [6, 6.07) is 5.92. The van der Waals surface area contributed by atoms with Crippen molar-refractivity contribution in [2.75, 3.05) is 0 Å². The summed E-state index contributed by atoms with van der Waals surface area (Å²) in [6.07, 6.45) is 0. The summed E-state index contributed by atoms with van der Waals surface area (Å²) < 4.78 is 12.5. The van der Waals surface area contributed by atoms with Crippen LogP contribution in [-0.2, 0) is 6.54 Å². The van der Waals surface area contributed by atoms with E-state index in [2.05, 4.69) is 10.6 Å². The lowest BCUT2D eigenvalue weighted by atomic mass is 10.2. The SMILES string of the molecule is N=C(N)NC(=N)NCc1ccc(F)cc1. The molecule has 80 valence electrons. The standard InChI is InChI=1S/C9H12FN5/c10-7-3-1-6(2-4-7)5-14-9(13)15-8(11)12/h1-4H,5H2,(H6,11,12,13,14,15). The normalized spacial score (nSPS) is 9.40. The predicted octanol–water partition coefficient (Wildman–Crippen LogP) is 0.333. The molecule has 0 aliphatic rings. The number of halogens is 1. The zero-order valence-electron chi connectivity index (χ0n) is 7.97. The second-order valence-electron chi connectivity index (χ2n) is 2.89. The summed E-state index contributed by atoms with van der Waals surface area (Å²) in [4.78, 5) is 0. The molecular weight excluding hydrogens is 197 g/mol. The van der Waals surface area contributed by atoms with Gasteiger partial charge in [-0.15, -0.1) is 0 Å². The Balaban J connectivity index is 2.40. The molecule has 15 heavy (non-hydrogen) atoms. The first-order chi connectivity index (χ1) is 7.08. The highest BCUT2D eigenvalue weighted by Gasteiger charge is 1.97. The first kappa shape index (κ1) is 11.0.